The van der Waals surface area contributed by atoms with Gasteiger partial charge in [0.05, 0.1) is 32.5 Å². The van der Waals surface area contributed by atoms with Crippen LogP contribution in [-0.2, 0) is 0 Å². The van der Waals surface area contributed by atoms with Crippen LogP contribution in [0.1, 0.15) is 31.8 Å². The Bertz CT molecular complexity index is 1440. The number of hydrogen-bond donors (Lipinski definition) is 4. The van der Waals surface area contributed by atoms with Gasteiger partial charge < -0.3 is 10.2 Å². The largest absolute Gasteiger partial charge is 0.506 e. The van der Waals surface area contributed by atoms with Gasteiger partial charge in [0, 0.05) is 46.0 Å². The molecule has 2 amide bonds. The molecule has 0 fully saturated rings. The second-order valence-electron chi connectivity index (χ2n) is 7.53. The summed E-state index contributed by atoms with van der Waals surface area (Å²) in [5, 5.41) is 28.0. The molecule has 4 aromatic rings. The molecule has 2 aromatic carbocycles. The Kier molecular flexibility index (Phi) is 11.6. The number of carbonyl (C=O) groups is 2. The maximum absolute atomic E-state index is 11.7. The first-order chi connectivity index (χ1) is 19.2. The minimum Gasteiger partial charge on any atom is -0.506 e. The van der Waals surface area contributed by atoms with Crippen LogP contribution >= 0.6 is 55.1 Å². The van der Waals surface area contributed by atoms with E-state index in [4.69, 9.17) is 23.2 Å². The number of aromatic nitrogens is 2. The number of phenolic OH excluding ortho intramolecular Hbond substituents is 2. The van der Waals surface area contributed by atoms with E-state index in [1.165, 1.54) is 37.0 Å². The Morgan fingerprint density at radius 3 is 1.50 bits per heavy atom. The molecule has 40 heavy (non-hydrogen) atoms. The molecule has 14 heteroatoms. The molecule has 0 aliphatic heterocycles. The van der Waals surface area contributed by atoms with Crippen LogP contribution in [0.2, 0.25) is 10.0 Å². The van der Waals surface area contributed by atoms with E-state index in [0.29, 0.717) is 41.2 Å². The number of nitrogens with zero attached hydrogens (tertiary/aromatic N) is 4. The van der Waals surface area contributed by atoms with Gasteiger partial charge in [-0.1, -0.05) is 23.2 Å². The molecule has 10 nitrogen and oxygen atoms in total. The van der Waals surface area contributed by atoms with Gasteiger partial charge in [0.25, 0.3) is 11.8 Å². The third-order valence-corrected chi connectivity index (χ3v) is 6.35. The molecular formula is C26H18Br2Cl2N6O4. The molecule has 0 aliphatic carbocycles. The number of amides is 2. The summed E-state index contributed by atoms with van der Waals surface area (Å²) in [6.45, 7) is 0. The van der Waals surface area contributed by atoms with Gasteiger partial charge in [-0.15, -0.1) is 0 Å². The van der Waals surface area contributed by atoms with Gasteiger partial charge in [0.1, 0.15) is 11.5 Å². The van der Waals surface area contributed by atoms with E-state index in [1.807, 2.05) is 0 Å². The standard InChI is InChI=1S/2C13H9BrClN3O2/c2*14-11-5-10(15)4-9(12(11)19)7-17-18-13(20)8-2-1-3-16-6-8/h2*1-7,19H,(H,18,20)/b2*17-7+. The summed E-state index contributed by atoms with van der Waals surface area (Å²) >= 11 is 18.0. The van der Waals surface area contributed by atoms with Crippen LogP contribution in [0, 0.1) is 0 Å². The summed E-state index contributed by atoms with van der Waals surface area (Å²) in [4.78, 5) is 31.0. The summed E-state index contributed by atoms with van der Waals surface area (Å²) in [5.41, 5.74) is 6.22. The van der Waals surface area contributed by atoms with Crippen molar-refractivity contribution in [1.29, 1.82) is 0 Å². The van der Waals surface area contributed by atoms with Gasteiger partial charge in [-0.2, -0.15) is 10.2 Å². The summed E-state index contributed by atoms with van der Waals surface area (Å²) in [6.07, 6.45) is 8.61. The Morgan fingerprint density at radius 1 is 0.750 bits per heavy atom. The molecule has 4 N–H and O–H groups in total. The Hall–Kier alpha value is -3.84. The summed E-state index contributed by atoms with van der Waals surface area (Å²) in [6, 6.07) is 12.7. The van der Waals surface area contributed by atoms with Crippen LogP contribution in [0.4, 0.5) is 0 Å². The maximum atomic E-state index is 11.7. The number of hydrogen-bond acceptors (Lipinski definition) is 8. The fourth-order valence-electron chi connectivity index (χ4n) is 2.81. The smallest absolute Gasteiger partial charge is 0.272 e. The number of benzene rings is 2. The second-order valence-corrected chi connectivity index (χ2v) is 10.1. The van der Waals surface area contributed by atoms with Crippen LogP contribution in [0.5, 0.6) is 11.5 Å². The lowest BCUT2D eigenvalue weighted by molar-refractivity contribution is 0.0946. The first-order valence-corrected chi connectivity index (χ1v) is 13.3. The van der Waals surface area contributed by atoms with Crippen molar-refractivity contribution in [2.24, 2.45) is 10.2 Å². The Morgan fingerprint density at radius 2 is 1.15 bits per heavy atom. The zero-order chi connectivity index (χ0) is 29.1. The molecule has 2 heterocycles. The van der Waals surface area contributed by atoms with E-state index in [1.54, 1.807) is 48.8 Å². The monoisotopic (exact) mass is 706 g/mol. The highest BCUT2D eigenvalue weighted by atomic mass is 79.9. The third-order valence-electron chi connectivity index (χ3n) is 4.70. The molecule has 0 radical (unpaired) electrons. The molecule has 0 atom stereocenters. The van der Waals surface area contributed by atoms with Crippen LogP contribution in [-0.4, -0.2) is 44.4 Å². The van der Waals surface area contributed by atoms with Crippen molar-refractivity contribution >= 4 is 79.3 Å². The maximum Gasteiger partial charge on any atom is 0.272 e. The number of nitrogens with one attached hydrogen (secondary N) is 2. The fraction of sp³-hybridized carbons (Fsp3) is 0. The lowest BCUT2D eigenvalue weighted by atomic mass is 10.2. The van der Waals surface area contributed by atoms with E-state index in [9.17, 15) is 19.8 Å². The zero-order valence-corrected chi connectivity index (χ0v) is 24.8. The summed E-state index contributed by atoms with van der Waals surface area (Å²) in [7, 11) is 0. The second kappa shape index (κ2) is 15.1. The lowest BCUT2D eigenvalue weighted by Crippen LogP contribution is -2.17. The normalized spacial score (nSPS) is 10.7. The highest BCUT2D eigenvalue weighted by Gasteiger charge is 2.08. The third kappa shape index (κ3) is 9.12. The van der Waals surface area contributed by atoms with Gasteiger partial charge in [-0.25, -0.2) is 10.9 Å². The first-order valence-electron chi connectivity index (χ1n) is 11.0. The van der Waals surface area contributed by atoms with Crippen molar-refractivity contribution in [3.63, 3.8) is 0 Å². The van der Waals surface area contributed by atoms with Crippen LogP contribution in [0.15, 0.2) is 92.5 Å². The molecule has 0 aliphatic rings. The van der Waals surface area contributed by atoms with Crippen molar-refractivity contribution in [2.75, 3.05) is 0 Å². The highest BCUT2D eigenvalue weighted by molar-refractivity contribution is 9.11. The van der Waals surface area contributed by atoms with Crippen LogP contribution in [0.3, 0.4) is 0 Å². The first kappa shape index (κ1) is 30.7. The molecule has 0 saturated heterocycles. The number of carbonyl (C=O) groups excluding carboxylic acids is 2. The molecule has 0 bridgehead atoms. The lowest BCUT2D eigenvalue weighted by Gasteiger charge is -2.03. The van der Waals surface area contributed by atoms with E-state index in [-0.39, 0.29) is 11.5 Å². The topological polar surface area (TPSA) is 149 Å². The molecule has 204 valence electrons. The van der Waals surface area contributed by atoms with E-state index < -0.39 is 11.8 Å². The van der Waals surface area contributed by atoms with Gasteiger partial charge in [0.2, 0.25) is 0 Å². The van der Waals surface area contributed by atoms with Gasteiger partial charge in [-0.05, 0) is 80.4 Å². The van der Waals surface area contributed by atoms with Gasteiger partial charge >= 0.3 is 0 Å². The average Bonchev–Trinajstić information content (AvgIpc) is 2.95. The predicted octanol–water partition coefficient (Wildman–Crippen LogP) is 5.93. The number of pyridine rings is 2. The molecular weight excluding hydrogens is 691 g/mol. The number of hydrazone groups is 2. The Labute approximate surface area is 255 Å². The zero-order valence-electron chi connectivity index (χ0n) is 20.1. The average molecular weight is 709 g/mol. The number of aromatic hydroxyl groups is 2. The number of halogens is 4. The molecule has 0 spiro atoms. The SMILES string of the molecule is O=C(N/N=C/c1cc(Cl)cc(Br)c1O)c1cccnc1.O=C(N/N=C/c1cc(Cl)cc(Br)c1O)c1cccnc1. The number of rotatable bonds is 6. The highest BCUT2D eigenvalue weighted by Crippen LogP contribution is 2.31. The van der Waals surface area contributed by atoms with Crippen LogP contribution in [0.25, 0.3) is 0 Å². The number of phenols is 2. The molecule has 0 saturated carbocycles. The van der Waals surface area contributed by atoms with Gasteiger partial charge in [0.15, 0.2) is 0 Å². The van der Waals surface area contributed by atoms with Crippen molar-refractivity contribution < 1.29 is 19.8 Å². The van der Waals surface area contributed by atoms with E-state index in [2.05, 4.69) is 62.9 Å². The van der Waals surface area contributed by atoms with E-state index >= 15 is 0 Å². The van der Waals surface area contributed by atoms with Crippen molar-refractivity contribution in [2.45, 2.75) is 0 Å². The fourth-order valence-corrected chi connectivity index (χ4v) is 4.48. The van der Waals surface area contributed by atoms with Crippen molar-refractivity contribution in [1.82, 2.24) is 20.8 Å². The van der Waals surface area contributed by atoms with E-state index in [0.717, 1.165) is 0 Å². The summed E-state index contributed by atoms with van der Waals surface area (Å²) in [5.74, 6) is -0.799. The van der Waals surface area contributed by atoms with Crippen molar-refractivity contribution in [3.8, 4) is 11.5 Å². The molecule has 2 aromatic heterocycles. The van der Waals surface area contributed by atoms with Crippen molar-refractivity contribution in [3.05, 3.63) is 115 Å². The molecule has 4 rings (SSSR count). The minimum absolute atomic E-state index is 0.00576. The van der Waals surface area contributed by atoms with Crippen LogP contribution < -0.4 is 10.9 Å². The Balaban J connectivity index is 0.000000220. The predicted molar refractivity (Wildman–Crippen MR) is 160 cm³/mol. The summed E-state index contributed by atoms with van der Waals surface area (Å²) < 4.78 is 0.898. The minimum atomic E-state index is -0.394. The molecule has 0 unspecified atom stereocenters. The quantitative estimate of drug-likeness (QED) is 0.144. The van der Waals surface area contributed by atoms with Gasteiger partial charge in [-0.3, -0.25) is 19.6 Å².